The molecule has 0 saturated heterocycles. The molecule has 0 fully saturated rings. The molecule has 7 nitrogen and oxygen atoms in total. The van der Waals surface area contributed by atoms with Crippen LogP contribution in [0, 0.1) is 13.8 Å². The first-order chi connectivity index (χ1) is 8.86. The Bertz CT molecular complexity index is 481. The summed E-state index contributed by atoms with van der Waals surface area (Å²) < 4.78 is 1.81. The number of rotatable bonds is 4. The first-order valence-corrected chi connectivity index (χ1v) is 6.11. The first-order valence-electron chi connectivity index (χ1n) is 6.11. The van der Waals surface area contributed by atoms with Crippen LogP contribution in [0.2, 0.25) is 0 Å². The molecule has 0 saturated carbocycles. The van der Waals surface area contributed by atoms with Gasteiger partial charge in [0.2, 0.25) is 5.91 Å². The van der Waals surface area contributed by atoms with Crippen LogP contribution in [0.25, 0.3) is 0 Å². The van der Waals surface area contributed by atoms with Crippen LogP contribution in [0.5, 0.6) is 0 Å². The van der Waals surface area contributed by atoms with E-state index in [0.717, 1.165) is 17.0 Å². The predicted molar refractivity (Wildman–Crippen MR) is 71.6 cm³/mol. The highest BCUT2D eigenvalue weighted by atomic mass is 16.2. The fourth-order valence-electron chi connectivity index (χ4n) is 1.70. The van der Waals surface area contributed by atoms with Crippen molar-refractivity contribution in [1.29, 1.82) is 0 Å². The molecule has 106 valence electrons. The van der Waals surface area contributed by atoms with Gasteiger partial charge in [0.25, 0.3) is 0 Å². The number of aryl methyl sites for hydroxylation is 2. The van der Waals surface area contributed by atoms with Gasteiger partial charge in [0.05, 0.1) is 11.7 Å². The van der Waals surface area contributed by atoms with Crippen LogP contribution in [0.3, 0.4) is 0 Å². The van der Waals surface area contributed by atoms with Crippen LogP contribution in [0.1, 0.15) is 23.9 Å². The molecule has 19 heavy (non-hydrogen) atoms. The molecule has 1 unspecified atom stereocenters. The van der Waals surface area contributed by atoms with Crippen LogP contribution in [-0.2, 0) is 18.4 Å². The quantitative estimate of drug-likeness (QED) is 0.715. The van der Waals surface area contributed by atoms with E-state index in [1.807, 2.05) is 25.6 Å². The molecule has 0 spiro atoms. The minimum Gasteiger partial charge on any atom is -0.341 e. The lowest BCUT2D eigenvalue weighted by Gasteiger charge is -2.13. The van der Waals surface area contributed by atoms with Crippen molar-refractivity contribution in [3.8, 4) is 0 Å². The van der Waals surface area contributed by atoms with E-state index in [4.69, 9.17) is 0 Å². The van der Waals surface area contributed by atoms with Gasteiger partial charge in [-0.2, -0.15) is 5.10 Å². The summed E-state index contributed by atoms with van der Waals surface area (Å²) >= 11 is 0. The van der Waals surface area contributed by atoms with E-state index in [1.54, 1.807) is 6.92 Å². The van der Waals surface area contributed by atoms with Crippen LogP contribution in [0.4, 0.5) is 4.79 Å². The number of nitrogens with one attached hydrogen (secondary N) is 3. The number of carbonyl (C=O) groups is 2. The number of nitrogens with zero attached hydrogens (tertiary/aromatic N) is 2. The number of carbonyl (C=O) groups excluding carboxylic acids is 2. The van der Waals surface area contributed by atoms with Crippen molar-refractivity contribution in [2.24, 2.45) is 7.05 Å². The van der Waals surface area contributed by atoms with E-state index in [2.05, 4.69) is 21.0 Å². The lowest BCUT2D eigenvalue weighted by molar-refractivity contribution is -0.121. The third kappa shape index (κ3) is 3.78. The summed E-state index contributed by atoms with van der Waals surface area (Å²) in [4.78, 5) is 22.7. The second-order valence-electron chi connectivity index (χ2n) is 4.44. The number of imide groups is 1. The van der Waals surface area contributed by atoms with E-state index in [0.29, 0.717) is 6.54 Å². The summed E-state index contributed by atoms with van der Waals surface area (Å²) in [6, 6.07) is -0.969. The summed E-state index contributed by atoms with van der Waals surface area (Å²) in [5.41, 5.74) is 3.07. The number of aromatic nitrogens is 2. The van der Waals surface area contributed by atoms with Gasteiger partial charge in [-0.3, -0.25) is 14.8 Å². The molecule has 7 heteroatoms. The highest BCUT2D eigenvalue weighted by Gasteiger charge is 2.16. The van der Waals surface area contributed by atoms with Crippen LogP contribution in [-0.4, -0.2) is 34.8 Å². The highest BCUT2D eigenvalue weighted by molar-refractivity contribution is 5.96. The molecule has 1 aromatic rings. The number of hydrogen-bond donors (Lipinski definition) is 3. The molecule has 0 aromatic carbocycles. The van der Waals surface area contributed by atoms with Crippen molar-refractivity contribution in [1.82, 2.24) is 25.7 Å². The fourth-order valence-corrected chi connectivity index (χ4v) is 1.70. The number of hydrogen-bond acceptors (Lipinski definition) is 4. The Morgan fingerprint density at radius 1 is 1.37 bits per heavy atom. The van der Waals surface area contributed by atoms with Gasteiger partial charge in [0.15, 0.2) is 0 Å². The van der Waals surface area contributed by atoms with Crippen molar-refractivity contribution >= 4 is 11.9 Å². The molecular formula is C12H21N5O2. The topological polar surface area (TPSA) is 88.1 Å². The lowest BCUT2D eigenvalue weighted by atomic mass is 10.2. The average Bonchev–Trinajstić information content (AvgIpc) is 2.60. The standard InChI is InChI=1S/C12H21N5O2/c1-7-10(9(3)17(5)16-7)6-14-8(2)11(18)15-12(19)13-4/h8,14H,6H2,1-5H3,(H2,13,15,18,19). The van der Waals surface area contributed by atoms with Crippen molar-refractivity contribution in [2.45, 2.75) is 33.4 Å². The van der Waals surface area contributed by atoms with Gasteiger partial charge in [0, 0.05) is 31.9 Å². The monoisotopic (exact) mass is 267 g/mol. The van der Waals surface area contributed by atoms with Crippen LogP contribution < -0.4 is 16.0 Å². The Hall–Kier alpha value is -1.89. The molecule has 0 aliphatic rings. The van der Waals surface area contributed by atoms with Gasteiger partial charge in [-0.15, -0.1) is 0 Å². The van der Waals surface area contributed by atoms with E-state index < -0.39 is 12.1 Å². The van der Waals surface area contributed by atoms with Crippen molar-refractivity contribution in [3.05, 3.63) is 17.0 Å². The Balaban J connectivity index is 2.56. The Labute approximate surface area is 112 Å². The minimum atomic E-state index is -0.507. The van der Waals surface area contributed by atoms with E-state index in [9.17, 15) is 9.59 Å². The van der Waals surface area contributed by atoms with Gasteiger partial charge in [-0.25, -0.2) is 4.79 Å². The molecule has 1 heterocycles. The summed E-state index contributed by atoms with van der Waals surface area (Å²) in [5.74, 6) is -0.362. The minimum absolute atomic E-state index is 0.362. The average molecular weight is 267 g/mol. The van der Waals surface area contributed by atoms with Crippen LogP contribution in [0.15, 0.2) is 0 Å². The largest absolute Gasteiger partial charge is 0.341 e. The molecule has 0 aliphatic heterocycles. The summed E-state index contributed by atoms with van der Waals surface area (Å²) in [6.07, 6.45) is 0. The van der Waals surface area contributed by atoms with Gasteiger partial charge in [-0.1, -0.05) is 0 Å². The molecule has 1 atom stereocenters. The molecule has 1 aromatic heterocycles. The normalized spacial score (nSPS) is 12.1. The first kappa shape index (κ1) is 15.2. The third-order valence-corrected chi connectivity index (χ3v) is 3.10. The predicted octanol–water partition coefficient (Wildman–Crippen LogP) is -0.0294. The maximum absolute atomic E-state index is 11.7. The third-order valence-electron chi connectivity index (χ3n) is 3.10. The molecule has 3 N–H and O–H groups in total. The second-order valence-corrected chi connectivity index (χ2v) is 4.44. The molecule has 0 bridgehead atoms. The van der Waals surface area contributed by atoms with E-state index in [-0.39, 0.29) is 5.91 Å². The Morgan fingerprint density at radius 3 is 2.47 bits per heavy atom. The van der Waals surface area contributed by atoms with E-state index in [1.165, 1.54) is 7.05 Å². The van der Waals surface area contributed by atoms with Gasteiger partial charge >= 0.3 is 6.03 Å². The summed E-state index contributed by atoms with van der Waals surface area (Å²) in [7, 11) is 3.34. The van der Waals surface area contributed by atoms with Crippen molar-refractivity contribution in [2.75, 3.05) is 7.05 Å². The smallest absolute Gasteiger partial charge is 0.321 e. The lowest BCUT2D eigenvalue weighted by Crippen LogP contribution is -2.47. The zero-order valence-electron chi connectivity index (χ0n) is 12.0. The number of urea groups is 1. The van der Waals surface area contributed by atoms with Crippen molar-refractivity contribution in [3.63, 3.8) is 0 Å². The Morgan fingerprint density at radius 2 is 2.00 bits per heavy atom. The zero-order chi connectivity index (χ0) is 14.6. The van der Waals surface area contributed by atoms with Gasteiger partial charge < -0.3 is 10.6 Å². The zero-order valence-corrected chi connectivity index (χ0v) is 12.0. The van der Waals surface area contributed by atoms with E-state index >= 15 is 0 Å². The van der Waals surface area contributed by atoms with Gasteiger partial charge in [0.1, 0.15) is 0 Å². The Kier molecular flexibility index (Phi) is 5.05. The highest BCUT2D eigenvalue weighted by Crippen LogP contribution is 2.11. The molecule has 0 aliphatic carbocycles. The summed E-state index contributed by atoms with van der Waals surface area (Å²) in [6.45, 7) is 6.15. The summed E-state index contributed by atoms with van der Waals surface area (Å²) in [5, 5.41) is 11.9. The molecule has 0 radical (unpaired) electrons. The van der Waals surface area contributed by atoms with Gasteiger partial charge in [-0.05, 0) is 20.8 Å². The molecular weight excluding hydrogens is 246 g/mol. The number of amides is 3. The van der Waals surface area contributed by atoms with Crippen molar-refractivity contribution < 1.29 is 9.59 Å². The van der Waals surface area contributed by atoms with Crippen LogP contribution >= 0.6 is 0 Å². The maximum Gasteiger partial charge on any atom is 0.321 e. The SMILES string of the molecule is CNC(=O)NC(=O)C(C)NCc1c(C)nn(C)c1C. The fraction of sp³-hybridized carbons (Fsp3) is 0.583. The second kappa shape index (κ2) is 6.33. The molecule has 3 amide bonds. The molecule has 1 rings (SSSR count). The maximum atomic E-state index is 11.7.